The Balaban J connectivity index is 2.87. The Bertz CT molecular complexity index is 408. The molecule has 0 aromatic heterocycles. The maximum Gasteiger partial charge on any atom is 0.290 e. The Morgan fingerprint density at radius 1 is 1.53 bits per heavy atom. The molecular weight excluding hydrogens is 222 g/mol. The van der Waals surface area contributed by atoms with Crippen molar-refractivity contribution in [2.45, 2.75) is 6.92 Å². The Labute approximate surface area is 90.3 Å². The van der Waals surface area contributed by atoms with Crippen LogP contribution in [0.4, 0.5) is 11.4 Å². The smallest absolute Gasteiger partial charge is 0.290 e. The van der Waals surface area contributed by atoms with Crippen molar-refractivity contribution in [3.63, 3.8) is 0 Å². The number of carbonyl (C=O) groups excluding carboxylic acids is 1. The van der Waals surface area contributed by atoms with E-state index in [2.05, 4.69) is 10.9 Å². The standard InChI is InChI=1S/C8H8ClN3O3/c1-5(13)10-11-6-2-3-7(9)8(4-6)12(14)15/h2-4,11H,1H3,(H,10,13). The third-order valence-electron chi connectivity index (χ3n) is 1.53. The van der Waals surface area contributed by atoms with Crippen molar-refractivity contribution in [3.8, 4) is 0 Å². The number of hydrazine groups is 1. The molecule has 0 heterocycles. The van der Waals surface area contributed by atoms with E-state index in [0.29, 0.717) is 5.69 Å². The van der Waals surface area contributed by atoms with Crippen molar-refractivity contribution < 1.29 is 9.72 Å². The summed E-state index contributed by atoms with van der Waals surface area (Å²) >= 11 is 5.60. The molecular formula is C8H8ClN3O3. The quantitative estimate of drug-likeness (QED) is 0.610. The number of nitro benzene ring substituents is 1. The van der Waals surface area contributed by atoms with E-state index in [0.717, 1.165) is 0 Å². The normalized spacial score (nSPS) is 9.47. The van der Waals surface area contributed by atoms with E-state index in [1.807, 2.05) is 0 Å². The summed E-state index contributed by atoms with van der Waals surface area (Å²) in [6, 6.07) is 4.13. The molecule has 0 bridgehead atoms. The molecule has 1 aromatic carbocycles. The fourth-order valence-corrected chi connectivity index (χ4v) is 1.08. The Morgan fingerprint density at radius 2 is 2.20 bits per heavy atom. The van der Waals surface area contributed by atoms with Crippen molar-refractivity contribution in [2.24, 2.45) is 0 Å². The minimum absolute atomic E-state index is 0.0494. The van der Waals surface area contributed by atoms with Gasteiger partial charge in [-0.3, -0.25) is 25.8 Å². The number of benzene rings is 1. The highest BCUT2D eigenvalue weighted by Crippen LogP contribution is 2.26. The molecule has 6 nitrogen and oxygen atoms in total. The largest absolute Gasteiger partial charge is 0.298 e. The maximum absolute atomic E-state index is 10.6. The van der Waals surface area contributed by atoms with Crippen LogP contribution in [-0.2, 0) is 4.79 Å². The van der Waals surface area contributed by atoms with Gasteiger partial charge in [0.2, 0.25) is 5.91 Å². The minimum Gasteiger partial charge on any atom is -0.298 e. The molecule has 0 radical (unpaired) electrons. The second-order valence-corrected chi connectivity index (χ2v) is 3.14. The van der Waals surface area contributed by atoms with Crippen LogP contribution >= 0.6 is 11.6 Å². The second kappa shape index (κ2) is 4.61. The molecule has 2 N–H and O–H groups in total. The summed E-state index contributed by atoms with van der Waals surface area (Å²) in [5, 5.41) is 10.6. The summed E-state index contributed by atoms with van der Waals surface area (Å²) in [4.78, 5) is 20.5. The van der Waals surface area contributed by atoms with E-state index in [9.17, 15) is 14.9 Å². The van der Waals surface area contributed by atoms with Crippen LogP contribution in [0.3, 0.4) is 0 Å². The molecule has 15 heavy (non-hydrogen) atoms. The summed E-state index contributed by atoms with van der Waals surface area (Å²) < 4.78 is 0. The number of carbonyl (C=O) groups is 1. The molecule has 1 rings (SSSR count). The number of amides is 1. The molecule has 0 atom stereocenters. The summed E-state index contributed by atoms with van der Waals surface area (Å²) in [5.74, 6) is -0.299. The number of rotatable bonds is 3. The van der Waals surface area contributed by atoms with Crippen LogP contribution in [0.2, 0.25) is 5.02 Å². The van der Waals surface area contributed by atoms with Crippen LogP contribution in [0.5, 0.6) is 0 Å². The van der Waals surface area contributed by atoms with Gasteiger partial charge in [0, 0.05) is 13.0 Å². The average molecular weight is 230 g/mol. The fourth-order valence-electron chi connectivity index (χ4n) is 0.891. The zero-order valence-corrected chi connectivity index (χ0v) is 8.54. The van der Waals surface area contributed by atoms with E-state index in [1.165, 1.54) is 25.1 Å². The molecule has 0 fully saturated rings. The Hall–Kier alpha value is -1.82. The van der Waals surface area contributed by atoms with Gasteiger partial charge in [-0.05, 0) is 12.1 Å². The third kappa shape index (κ3) is 3.10. The molecule has 0 unspecified atom stereocenters. The third-order valence-corrected chi connectivity index (χ3v) is 1.85. The Kier molecular flexibility index (Phi) is 3.46. The predicted molar refractivity (Wildman–Crippen MR) is 55.5 cm³/mol. The summed E-state index contributed by atoms with van der Waals surface area (Å²) in [6.45, 7) is 1.32. The topological polar surface area (TPSA) is 84.3 Å². The molecule has 80 valence electrons. The Morgan fingerprint density at radius 3 is 2.73 bits per heavy atom. The first-order chi connectivity index (χ1) is 7.00. The first-order valence-corrected chi connectivity index (χ1v) is 4.35. The zero-order chi connectivity index (χ0) is 11.4. The van der Waals surface area contributed by atoms with E-state index in [-0.39, 0.29) is 16.6 Å². The lowest BCUT2D eigenvalue weighted by Crippen LogP contribution is -2.26. The lowest BCUT2D eigenvalue weighted by Gasteiger charge is -2.06. The maximum atomic E-state index is 10.6. The number of hydrogen-bond acceptors (Lipinski definition) is 4. The van der Waals surface area contributed by atoms with E-state index in [4.69, 9.17) is 11.6 Å². The van der Waals surface area contributed by atoms with Gasteiger partial charge >= 0.3 is 0 Å². The number of hydrogen-bond donors (Lipinski definition) is 2. The second-order valence-electron chi connectivity index (χ2n) is 2.73. The van der Waals surface area contributed by atoms with Gasteiger partial charge in [0.15, 0.2) is 0 Å². The predicted octanol–water partition coefficient (Wildman–Crippen LogP) is 1.71. The van der Waals surface area contributed by atoms with E-state index in [1.54, 1.807) is 0 Å². The van der Waals surface area contributed by atoms with Gasteiger partial charge in [-0.2, -0.15) is 0 Å². The number of nitrogens with one attached hydrogen (secondary N) is 2. The van der Waals surface area contributed by atoms with Crippen molar-refractivity contribution >= 4 is 28.9 Å². The number of nitrogens with zero attached hydrogens (tertiary/aromatic N) is 1. The van der Waals surface area contributed by atoms with Crippen LogP contribution in [0, 0.1) is 10.1 Å². The molecule has 0 saturated carbocycles. The monoisotopic (exact) mass is 229 g/mol. The van der Waals surface area contributed by atoms with Crippen molar-refractivity contribution in [3.05, 3.63) is 33.3 Å². The minimum atomic E-state index is -0.596. The van der Waals surface area contributed by atoms with Gasteiger partial charge in [0.1, 0.15) is 5.02 Å². The van der Waals surface area contributed by atoms with E-state index < -0.39 is 4.92 Å². The molecule has 0 spiro atoms. The van der Waals surface area contributed by atoms with Gasteiger partial charge in [-0.25, -0.2) is 0 Å². The highest BCUT2D eigenvalue weighted by Gasteiger charge is 2.12. The van der Waals surface area contributed by atoms with Gasteiger partial charge in [-0.15, -0.1) is 0 Å². The average Bonchev–Trinajstić information content (AvgIpc) is 2.16. The van der Waals surface area contributed by atoms with Gasteiger partial charge in [0.05, 0.1) is 10.6 Å². The highest BCUT2D eigenvalue weighted by atomic mass is 35.5. The number of anilines is 1. The van der Waals surface area contributed by atoms with Crippen molar-refractivity contribution in [1.82, 2.24) is 5.43 Å². The number of halogens is 1. The van der Waals surface area contributed by atoms with Crippen molar-refractivity contribution in [1.29, 1.82) is 0 Å². The fraction of sp³-hybridized carbons (Fsp3) is 0.125. The SMILES string of the molecule is CC(=O)NNc1ccc(Cl)c([N+](=O)[O-])c1. The van der Waals surface area contributed by atoms with Gasteiger partial charge < -0.3 is 0 Å². The number of nitro groups is 1. The summed E-state index contributed by atoms with van der Waals surface area (Å²) in [5.41, 5.74) is 4.97. The van der Waals surface area contributed by atoms with E-state index >= 15 is 0 Å². The lowest BCUT2D eigenvalue weighted by atomic mass is 10.3. The van der Waals surface area contributed by atoms with Gasteiger partial charge in [-0.1, -0.05) is 11.6 Å². The molecule has 0 aliphatic heterocycles. The highest BCUT2D eigenvalue weighted by molar-refractivity contribution is 6.32. The molecule has 7 heteroatoms. The van der Waals surface area contributed by atoms with Gasteiger partial charge in [0.25, 0.3) is 5.69 Å². The molecule has 1 aromatic rings. The first-order valence-electron chi connectivity index (χ1n) is 3.97. The molecule has 1 amide bonds. The van der Waals surface area contributed by atoms with Crippen LogP contribution < -0.4 is 10.9 Å². The van der Waals surface area contributed by atoms with Crippen LogP contribution in [0.25, 0.3) is 0 Å². The summed E-state index contributed by atoms with van der Waals surface area (Å²) in [6.07, 6.45) is 0. The molecule has 0 saturated heterocycles. The van der Waals surface area contributed by atoms with Crippen LogP contribution in [0.15, 0.2) is 18.2 Å². The summed E-state index contributed by atoms with van der Waals surface area (Å²) in [7, 11) is 0. The van der Waals surface area contributed by atoms with Crippen LogP contribution in [-0.4, -0.2) is 10.8 Å². The van der Waals surface area contributed by atoms with Crippen molar-refractivity contribution in [2.75, 3.05) is 5.43 Å². The lowest BCUT2D eigenvalue weighted by molar-refractivity contribution is -0.384. The molecule has 0 aliphatic carbocycles. The van der Waals surface area contributed by atoms with Crippen LogP contribution in [0.1, 0.15) is 6.92 Å². The molecule has 0 aliphatic rings. The zero-order valence-electron chi connectivity index (χ0n) is 7.78. The first kappa shape index (κ1) is 11.3.